The van der Waals surface area contributed by atoms with Crippen LogP contribution in [0.4, 0.5) is 0 Å². The number of alkyl halides is 3. The fraction of sp³-hybridized carbons (Fsp3) is 0.636. The van der Waals surface area contributed by atoms with Crippen molar-refractivity contribution in [3.63, 3.8) is 0 Å². The van der Waals surface area contributed by atoms with Gasteiger partial charge in [0.05, 0.1) is 6.54 Å². The van der Waals surface area contributed by atoms with Crippen LogP contribution in [0, 0.1) is 0 Å². The number of nitrogens with zero attached hydrogens (tertiary/aromatic N) is 1. The van der Waals surface area contributed by atoms with E-state index >= 15 is 0 Å². The highest BCUT2D eigenvalue weighted by molar-refractivity contribution is 9.40. The number of hydrogen-bond acceptors (Lipinski definition) is 3. The molecule has 0 aliphatic carbocycles. The third kappa shape index (κ3) is 4.66. The number of esters is 1. The van der Waals surface area contributed by atoms with Gasteiger partial charge in [0.1, 0.15) is 6.10 Å². The third-order valence-corrected chi connectivity index (χ3v) is 3.51. The molecule has 0 N–H and O–H groups in total. The maximum absolute atomic E-state index is 11.8. The van der Waals surface area contributed by atoms with E-state index in [4.69, 9.17) is 4.74 Å². The van der Waals surface area contributed by atoms with Crippen molar-refractivity contribution in [2.75, 3.05) is 13.1 Å². The highest BCUT2D eigenvalue weighted by Crippen LogP contribution is 2.35. The number of hydrogen-bond donors (Lipinski definition) is 0. The molecule has 1 amide bonds. The number of rotatable bonds is 2. The quantitative estimate of drug-likeness (QED) is 0.371. The lowest BCUT2D eigenvalue weighted by molar-refractivity contribution is -0.151. The van der Waals surface area contributed by atoms with E-state index in [2.05, 4.69) is 54.4 Å². The van der Waals surface area contributed by atoms with Gasteiger partial charge in [0.15, 0.2) is 0 Å². The highest BCUT2D eigenvalue weighted by Gasteiger charge is 2.34. The van der Waals surface area contributed by atoms with Gasteiger partial charge >= 0.3 is 5.97 Å². The number of likely N-dealkylation sites (tertiary alicyclic amines) is 1. The summed E-state index contributed by atoms with van der Waals surface area (Å²) in [5.41, 5.74) is 0.498. The topological polar surface area (TPSA) is 46.6 Å². The van der Waals surface area contributed by atoms with Crippen molar-refractivity contribution in [3.05, 3.63) is 12.2 Å². The zero-order valence-electron chi connectivity index (χ0n) is 9.92. The Kier molecular flexibility index (Phi) is 5.86. The summed E-state index contributed by atoms with van der Waals surface area (Å²) in [5, 5.41) is 0. The minimum atomic E-state index is -1.06. The van der Waals surface area contributed by atoms with Crippen molar-refractivity contribution in [2.45, 2.75) is 28.0 Å². The molecule has 102 valence electrons. The van der Waals surface area contributed by atoms with Gasteiger partial charge in [-0.25, -0.2) is 4.79 Å². The standard InChI is InChI=1S/C11H14Br3NO3/c1-7(2)9(16)15-5-3-4-8(6-15)18-10(17)11(12,13)14/h8H,1,3-6H2,2H3. The van der Waals surface area contributed by atoms with Gasteiger partial charge in [0, 0.05) is 12.1 Å². The van der Waals surface area contributed by atoms with Gasteiger partial charge in [-0.2, -0.15) is 0 Å². The molecule has 0 aromatic carbocycles. The molecular formula is C11H14Br3NO3. The van der Waals surface area contributed by atoms with E-state index in [1.165, 1.54) is 0 Å². The lowest BCUT2D eigenvalue weighted by Crippen LogP contribution is -2.45. The number of carbonyl (C=O) groups is 2. The Labute approximate surface area is 131 Å². The average Bonchev–Trinajstić information content (AvgIpc) is 2.27. The Morgan fingerprint density at radius 3 is 2.50 bits per heavy atom. The van der Waals surface area contributed by atoms with Crippen LogP contribution in [0.5, 0.6) is 0 Å². The summed E-state index contributed by atoms with van der Waals surface area (Å²) >= 11 is 9.31. The molecule has 1 saturated heterocycles. The molecule has 18 heavy (non-hydrogen) atoms. The first-order valence-corrected chi connectivity index (χ1v) is 7.82. The van der Waals surface area contributed by atoms with E-state index in [1.54, 1.807) is 11.8 Å². The van der Waals surface area contributed by atoms with Crippen LogP contribution in [-0.2, 0) is 14.3 Å². The summed E-state index contributed by atoms with van der Waals surface area (Å²) < 4.78 is 4.25. The van der Waals surface area contributed by atoms with E-state index in [9.17, 15) is 9.59 Å². The van der Waals surface area contributed by atoms with Gasteiger partial charge in [0.25, 0.3) is 0 Å². The zero-order chi connectivity index (χ0) is 13.9. The molecule has 1 aliphatic rings. The van der Waals surface area contributed by atoms with Crippen LogP contribution < -0.4 is 0 Å². The molecule has 1 atom stereocenters. The Balaban J connectivity index is 2.57. The van der Waals surface area contributed by atoms with Crippen molar-refractivity contribution in [3.8, 4) is 0 Å². The molecule has 0 bridgehead atoms. The molecule has 0 spiro atoms. The predicted molar refractivity (Wildman–Crippen MR) is 80.0 cm³/mol. The number of ether oxygens (including phenoxy) is 1. The van der Waals surface area contributed by atoms with Crippen LogP contribution in [0.25, 0.3) is 0 Å². The van der Waals surface area contributed by atoms with Gasteiger partial charge in [-0.3, -0.25) is 4.79 Å². The van der Waals surface area contributed by atoms with Gasteiger partial charge in [-0.1, -0.05) is 6.58 Å². The summed E-state index contributed by atoms with van der Waals surface area (Å²) in [7, 11) is 0. The SMILES string of the molecule is C=C(C)C(=O)N1CCCC(OC(=O)C(Br)(Br)Br)C1. The van der Waals surface area contributed by atoms with Crippen molar-refractivity contribution < 1.29 is 14.3 Å². The molecule has 1 rings (SSSR count). The second kappa shape index (κ2) is 6.52. The maximum atomic E-state index is 11.8. The monoisotopic (exact) mass is 445 g/mol. The molecule has 1 unspecified atom stereocenters. The number of halogens is 3. The number of carbonyl (C=O) groups excluding carboxylic acids is 2. The molecule has 1 heterocycles. The molecular weight excluding hydrogens is 434 g/mol. The minimum absolute atomic E-state index is 0.0847. The first kappa shape index (κ1) is 16.2. The third-order valence-electron chi connectivity index (χ3n) is 2.54. The normalized spacial score (nSPS) is 20.4. The molecule has 0 saturated carbocycles. The lowest BCUT2D eigenvalue weighted by atomic mass is 10.1. The smallest absolute Gasteiger partial charge is 0.345 e. The Morgan fingerprint density at radius 2 is 2.00 bits per heavy atom. The fourth-order valence-electron chi connectivity index (χ4n) is 1.71. The van der Waals surface area contributed by atoms with Crippen LogP contribution >= 0.6 is 47.8 Å². The fourth-order valence-corrected chi connectivity index (χ4v) is 1.99. The highest BCUT2D eigenvalue weighted by atomic mass is 80.0. The number of amides is 1. The summed E-state index contributed by atoms with van der Waals surface area (Å²) in [4.78, 5) is 25.1. The van der Waals surface area contributed by atoms with E-state index in [0.717, 1.165) is 12.8 Å². The van der Waals surface area contributed by atoms with Crippen molar-refractivity contribution >= 4 is 59.7 Å². The van der Waals surface area contributed by atoms with Gasteiger partial charge in [-0.05, 0) is 67.6 Å². The largest absolute Gasteiger partial charge is 0.458 e. The summed E-state index contributed by atoms with van der Waals surface area (Å²) in [6, 6.07) is 0. The van der Waals surface area contributed by atoms with E-state index < -0.39 is 8.11 Å². The lowest BCUT2D eigenvalue weighted by Gasteiger charge is -2.33. The number of piperidine rings is 1. The van der Waals surface area contributed by atoms with Crippen molar-refractivity contribution in [1.82, 2.24) is 4.90 Å². The van der Waals surface area contributed by atoms with E-state index in [0.29, 0.717) is 18.7 Å². The summed E-state index contributed by atoms with van der Waals surface area (Å²) in [6.45, 7) is 6.41. The van der Waals surface area contributed by atoms with Crippen LogP contribution in [0.2, 0.25) is 0 Å². The van der Waals surface area contributed by atoms with Crippen LogP contribution in [0.1, 0.15) is 19.8 Å². The first-order valence-electron chi connectivity index (χ1n) is 5.44. The molecule has 0 radical (unpaired) electrons. The Morgan fingerprint density at radius 1 is 1.39 bits per heavy atom. The van der Waals surface area contributed by atoms with Gasteiger partial charge in [0.2, 0.25) is 8.05 Å². The van der Waals surface area contributed by atoms with Crippen LogP contribution in [0.3, 0.4) is 0 Å². The molecule has 4 nitrogen and oxygen atoms in total. The van der Waals surface area contributed by atoms with E-state index in [1.807, 2.05) is 0 Å². The van der Waals surface area contributed by atoms with Gasteiger partial charge < -0.3 is 9.64 Å². The average molecular weight is 448 g/mol. The van der Waals surface area contributed by atoms with Gasteiger partial charge in [-0.15, -0.1) is 0 Å². The molecule has 0 aromatic rings. The predicted octanol–water partition coefficient (Wildman–Crippen LogP) is 2.94. The van der Waals surface area contributed by atoms with E-state index in [-0.39, 0.29) is 12.0 Å². The van der Waals surface area contributed by atoms with Crippen LogP contribution in [0.15, 0.2) is 12.2 Å². The zero-order valence-corrected chi connectivity index (χ0v) is 14.7. The summed E-state index contributed by atoms with van der Waals surface area (Å²) in [5.74, 6) is -0.546. The second-order valence-corrected chi connectivity index (χ2v) is 11.0. The molecule has 7 heteroatoms. The molecule has 0 aromatic heterocycles. The molecule has 1 aliphatic heterocycles. The van der Waals surface area contributed by atoms with Crippen molar-refractivity contribution in [1.29, 1.82) is 0 Å². The maximum Gasteiger partial charge on any atom is 0.345 e. The molecule has 1 fully saturated rings. The summed E-state index contributed by atoms with van der Waals surface area (Å²) in [6.07, 6.45) is 1.30. The minimum Gasteiger partial charge on any atom is -0.458 e. The van der Waals surface area contributed by atoms with Crippen LogP contribution in [-0.4, -0.2) is 38.1 Å². The van der Waals surface area contributed by atoms with Crippen molar-refractivity contribution in [2.24, 2.45) is 0 Å². The second-order valence-electron chi connectivity index (χ2n) is 4.20. The first-order chi connectivity index (χ1) is 8.21. The Bertz CT molecular complexity index is 365. The Hall–Kier alpha value is 0.120.